The summed E-state index contributed by atoms with van der Waals surface area (Å²) in [4.78, 5) is 0. The van der Waals surface area contributed by atoms with E-state index in [9.17, 15) is 17.6 Å². The van der Waals surface area contributed by atoms with Crippen LogP contribution in [0.2, 0.25) is 0 Å². The first-order valence-corrected chi connectivity index (χ1v) is 5.25. The van der Waals surface area contributed by atoms with Gasteiger partial charge in [0.1, 0.15) is 5.82 Å². The third kappa shape index (κ3) is 4.00. The summed E-state index contributed by atoms with van der Waals surface area (Å²) in [6, 6.07) is 3.31. The Kier molecular flexibility index (Phi) is 3.81. The number of rotatable bonds is 3. The molecule has 2 N–H and O–H groups in total. The van der Waals surface area contributed by atoms with Crippen LogP contribution in [0.25, 0.3) is 0 Å². The fourth-order valence-electron chi connectivity index (χ4n) is 1.45. The van der Waals surface area contributed by atoms with Crippen molar-refractivity contribution in [2.45, 2.75) is 38.4 Å². The molecule has 5 heteroatoms. The smallest absolute Gasteiger partial charge is 0.326 e. The highest BCUT2D eigenvalue weighted by Gasteiger charge is 2.34. The van der Waals surface area contributed by atoms with E-state index in [2.05, 4.69) is 0 Å². The standard InChI is InChI=1S/C12H15F4N/c1-11(2,17)7-6-8-4-3-5-9(10(8)13)12(14,15)16/h3-5H,6-7,17H2,1-2H3. The van der Waals surface area contributed by atoms with Crippen LogP contribution in [0.15, 0.2) is 18.2 Å². The lowest BCUT2D eigenvalue weighted by atomic mass is 9.95. The molecular formula is C12H15F4N. The lowest BCUT2D eigenvalue weighted by molar-refractivity contribution is -0.140. The maximum absolute atomic E-state index is 13.6. The minimum absolute atomic E-state index is 0.0540. The minimum Gasteiger partial charge on any atom is -0.326 e. The summed E-state index contributed by atoms with van der Waals surface area (Å²) in [6.07, 6.45) is -4.04. The number of aryl methyl sites for hydroxylation is 1. The molecule has 0 spiro atoms. The Balaban J connectivity index is 2.96. The van der Waals surface area contributed by atoms with Gasteiger partial charge in [-0.15, -0.1) is 0 Å². The van der Waals surface area contributed by atoms with Gasteiger partial charge in [-0.3, -0.25) is 0 Å². The molecule has 0 radical (unpaired) electrons. The predicted molar refractivity (Wildman–Crippen MR) is 58.0 cm³/mol. The summed E-state index contributed by atoms with van der Waals surface area (Å²) in [5.74, 6) is -1.19. The predicted octanol–water partition coefficient (Wildman–Crippen LogP) is 3.51. The molecule has 0 bridgehead atoms. The van der Waals surface area contributed by atoms with E-state index in [1.54, 1.807) is 13.8 Å². The zero-order chi connectivity index (χ0) is 13.3. The van der Waals surface area contributed by atoms with Gasteiger partial charge in [-0.05, 0) is 38.3 Å². The van der Waals surface area contributed by atoms with E-state index >= 15 is 0 Å². The van der Waals surface area contributed by atoms with Crippen molar-refractivity contribution >= 4 is 0 Å². The minimum atomic E-state index is -4.65. The number of benzene rings is 1. The van der Waals surface area contributed by atoms with Crippen molar-refractivity contribution in [1.29, 1.82) is 0 Å². The maximum atomic E-state index is 13.6. The monoisotopic (exact) mass is 249 g/mol. The highest BCUT2D eigenvalue weighted by atomic mass is 19.4. The first kappa shape index (κ1) is 14.0. The largest absolute Gasteiger partial charge is 0.419 e. The third-order valence-electron chi connectivity index (χ3n) is 2.42. The molecule has 96 valence electrons. The van der Waals surface area contributed by atoms with Crippen molar-refractivity contribution in [3.63, 3.8) is 0 Å². The summed E-state index contributed by atoms with van der Waals surface area (Å²) in [5, 5.41) is 0. The van der Waals surface area contributed by atoms with Crippen LogP contribution >= 0.6 is 0 Å². The zero-order valence-corrected chi connectivity index (χ0v) is 9.74. The van der Waals surface area contributed by atoms with Crippen molar-refractivity contribution < 1.29 is 17.6 Å². The highest BCUT2D eigenvalue weighted by Crippen LogP contribution is 2.32. The van der Waals surface area contributed by atoms with Gasteiger partial charge in [0.25, 0.3) is 0 Å². The van der Waals surface area contributed by atoms with Gasteiger partial charge in [0, 0.05) is 5.54 Å². The molecule has 0 unspecified atom stereocenters. The first-order chi connectivity index (χ1) is 7.61. The molecule has 0 aromatic heterocycles. The second kappa shape index (κ2) is 4.64. The number of alkyl halides is 3. The molecule has 1 aromatic rings. The fourth-order valence-corrected chi connectivity index (χ4v) is 1.45. The quantitative estimate of drug-likeness (QED) is 0.815. The third-order valence-corrected chi connectivity index (χ3v) is 2.42. The molecule has 0 fully saturated rings. The first-order valence-electron chi connectivity index (χ1n) is 5.25. The molecule has 1 nitrogen and oxygen atoms in total. The maximum Gasteiger partial charge on any atom is 0.419 e. The van der Waals surface area contributed by atoms with Crippen LogP contribution in [-0.4, -0.2) is 5.54 Å². The molecule has 0 atom stereocenters. The Hall–Kier alpha value is -1.10. The molecule has 0 aliphatic heterocycles. The molecule has 0 heterocycles. The van der Waals surface area contributed by atoms with Crippen molar-refractivity contribution in [2.24, 2.45) is 5.73 Å². The molecule has 0 aliphatic carbocycles. The number of nitrogens with two attached hydrogens (primary N) is 1. The fraction of sp³-hybridized carbons (Fsp3) is 0.500. The lowest BCUT2D eigenvalue weighted by Gasteiger charge is -2.19. The van der Waals surface area contributed by atoms with Crippen molar-refractivity contribution in [3.05, 3.63) is 35.1 Å². The van der Waals surface area contributed by atoms with Crippen LogP contribution in [0.3, 0.4) is 0 Å². The zero-order valence-electron chi connectivity index (χ0n) is 9.74. The van der Waals surface area contributed by atoms with Crippen LogP contribution in [-0.2, 0) is 12.6 Å². The molecule has 0 amide bonds. The van der Waals surface area contributed by atoms with Crippen LogP contribution in [0.4, 0.5) is 17.6 Å². The summed E-state index contributed by atoms with van der Waals surface area (Å²) < 4.78 is 50.9. The van der Waals surface area contributed by atoms with Gasteiger partial charge in [-0.2, -0.15) is 13.2 Å². The van der Waals surface area contributed by atoms with Gasteiger partial charge in [-0.25, -0.2) is 4.39 Å². The topological polar surface area (TPSA) is 26.0 Å². The Labute approximate surface area is 97.6 Å². The van der Waals surface area contributed by atoms with Gasteiger partial charge >= 0.3 is 6.18 Å². The van der Waals surface area contributed by atoms with Crippen LogP contribution in [0.1, 0.15) is 31.4 Å². The summed E-state index contributed by atoms with van der Waals surface area (Å²) >= 11 is 0. The van der Waals surface area contributed by atoms with E-state index in [0.717, 1.165) is 6.07 Å². The van der Waals surface area contributed by atoms with Gasteiger partial charge in [0.05, 0.1) is 5.56 Å². The van der Waals surface area contributed by atoms with Crippen LogP contribution in [0.5, 0.6) is 0 Å². The Morgan fingerprint density at radius 1 is 1.18 bits per heavy atom. The summed E-state index contributed by atoms with van der Waals surface area (Å²) in [7, 11) is 0. The molecule has 0 aliphatic rings. The van der Waals surface area contributed by atoms with E-state index in [1.165, 1.54) is 12.1 Å². The SMILES string of the molecule is CC(C)(N)CCc1cccc(C(F)(F)F)c1F. The van der Waals surface area contributed by atoms with Gasteiger partial charge in [0.15, 0.2) is 0 Å². The lowest BCUT2D eigenvalue weighted by Crippen LogP contribution is -2.32. The van der Waals surface area contributed by atoms with Crippen molar-refractivity contribution in [2.75, 3.05) is 0 Å². The van der Waals surface area contributed by atoms with Crippen LogP contribution < -0.4 is 5.73 Å². The van der Waals surface area contributed by atoms with Crippen LogP contribution in [0, 0.1) is 5.82 Å². The Bertz CT molecular complexity index is 390. The molecule has 17 heavy (non-hydrogen) atoms. The highest BCUT2D eigenvalue weighted by molar-refractivity contribution is 5.28. The van der Waals surface area contributed by atoms with Gasteiger partial charge in [-0.1, -0.05) is 12.1 Å². The number of hydrogen-bond donors (Lipinski definition) is 1. The van der Waals surface area contributed by atoms with E-state index in [-0.39, 0.29) is 12.0 Å². The normalized spacial score (nSPS) is 12.9. The summed E-state index contributed by atoms with van der Waals surface area (Å²) in [6.45, 7) is 3.50. The van der Waals surface area contributed by atoms with Gasteiger partial charge in [0.2, 0.25) is 0 Å². The number of hydrogen-bond acceptors (Lipinski definition) is 1. The average Bonchev–Trinajstić information content (AvgIpc) is 2.13. The summed E-state index contributed by atoms with van der Waals surface area (Å²) in [5.41, 5.74) is 4.02. The molecule has 1 aromatic carbocycles. The second-order valence-electron chi connectivity index (χ2n) is 4.77. The van der Waals surface area contributed by atoms with Crippen molar-refractivity contribution in [1.82, 2.24) is 0 Å². The Morgan fingerprint density at radius 3 is 2.24 bits per heavy atom. The van der Waals surface area contributed by atoms with E-state index in [1.807, 2.05) is 0 Å². The molecule has 1 rings (SSSR count). The molecular weight excluding hydrogens is 234 g/mol. The second-order valence-corrected chi connectivity index (χ2v) is 4.77. The molecule has 0 saturated heterocycles. The van der Waals surface area contributed by atoms with Gasteiger partial charge < -0.3 is 5.73 Å². The van der Waals surface area contributed by atoms with E-state index in [4.69, 9.17) is 5.73 Å². The molecule has 0 saturated carbocycles. The number of halogens is 4. The van der Waals surface area contributed by atoms with Crippen molar-refractivity contribution in [3.8, 4) is 0 Å². The average molecular weight is 249 g/mol. The van der Waals surface area contributed by atoms with E-state index in [0.29, 0.717) is 6.42 Å². The Morgan fingerprint density at radius 2 is 1.76 bits per heavy atom. The van der Waals surface area contributed by atoms with E-state index < -0.39 is 23.1 Å².